The zero-order valence-electron chi connectivity index (χ0n) is 14.0. The summed E-state index contributed by atoms with van der Waals surface area (Å²) in [5.41, 5.74) is 3.08. The van der Waals surface area contributed by atoms with Crippen LogP contribution >= 0.6 is 0 Å². The number of nitrogens with one attached hydrogen (secondary N) is 2. The molecule has 1 aromatic heterocycles. The molecule has 1 fully saturated rings. The fourth-order valence-corrected chi connectivity index (χ4v) is 3.16. The van der Waals surface area contributed by atoms with Crippen molar-refractivity contribution in [3.63, 3.8) is 0 Å². The molecule has 0 unspecified atom stereocenters. The number of imidazole rings is 1. The largest absolute Gasteiger partial charge is 0.368 e. The number of amides is 1. The second-order valence-corrected chi connectivity index (χ2v) is 6.16. The highest BCUT2D eigenvalue weighted by Gasteiger charge is 2.21. The summed E-state index contributed by atoms with van der Waals surface area (Å²) in [7, 11) is 0. The van der Waals surface area contributed by atoms with E-state index in [1.54, 1.807) is 0 Å². The zero-order chi connectivity index (χ0) is 17.1. The molecule has 1 amide bonds. The molecule has 6 nitrogen and oxygen atoms in total. The number of H-pyrrole nitrogens is 1. The molecule has 0 spiro atoms. The van der Waals surface area contributed by atoms with E-state index in [-0.39, 0.29) is 12.5 Å². The van der Waals surface area contributed by atoms with Gasteiger partial charge in [-0.1, -0.05) is 30.3 Å². The molecule has 4 rings (SSSR count). The lowest BCUT2D eigenvalue weighted by molar-refractivity contribution is -0.129. The smallest absolute Gasteiger partial charge is 0.242 e. The van der Waals surface area contributed by atoms with Crippen molar-refractivity contribution in [2.75, 3.05) is 42.9 Å². The number of hydrogen-bond acceptors (Lipinski definition) is 4. The minimum atomic E-state index is 0.105. The third-order valence-electron chi connectivity index (χ3n) is 4.55. The van der Waals surface area contributed by atoms with Crippen LogP contribution in [0, 0.1) is 0 Å². The van der Waals surface area contributed by atoms with Crippen LogP contribution in [0.2, 0.25) is 0 Å². The Hall–Kier alpha value is -3.02. The third kappa shape index (κ3) is 3.42. The fourth-order valence-electron chi connectivity index (χ4n) is 3.16. The number of anilines is 2. The van der Waals surface area contributed by atoms with Crippen LogP contribution in [-0.4, -0.2) is 53.5 Å². The van der Waals surface area contributed by atoms with Gasteiger partial charge >= 0.3 is 0 Å². The van der Waals surface area contributed by atoms with Crippen molar-refractivity contribution >= 4 is 28.6 Å². The summed E-state index contributed by atoms with van der Waals surface area (Å²) in [6.07, 6.45) is 0. The normalized spacial score (nSPS) is 14.7. The first-order chi connectivity index (χ1) is 12.3. The number of carbonyl (C=O) groups is 1. The van der Waals surface area contributed by atoms with Crippen LogP contribution in [0.25, 0.3) is 11.0 Å². The van der Waals surface area contributed by atoms with Gasteiger partial charge in [0.25, 0.3) is 0 Å². The van der Waals surface area contributed by atoms with Crippen LogP contribution in [0.5, 0.6) is 0 Å². The fraction of sp³-hybridized carbons (Fsp3) is 0.263. The first-order valence-corrected chi connectivity index (χ1v) is 8.56. The maximum absolute atomic E-state index is 12.4. The number of piperazine rings is 1. The minimum absolute atomic E-state index is 0.105. The predicted molar refractivity (Wildman–Crippen MR) is 99.8 cm³/mol. The van der Waals surface area contributed by atoms with Gasteiger partial charge in [-0.2, -0.15) is 0 Å². The highest BCUT2D eigenvalue weighted by Crippen LogP contribution is 2.16. The summed E-state index contributed by atoms with van der Waals surface area (Å²) in [6.45, 7) is 3.47. The van der Waals surface area contributed by atoms with Gasteiger partial charge in [0.2, 0.25) is 11.9 Å². The molecule has 25 heavy (non-hydrogen) atoms. The van der Waals surface area contributed by atoms with E-state index in [0.29, 0.717) is 5.95 Å². The average molecular weight is 335 g/mol. The number of rotatable bonds is 4. The number of nitrogens with zero attached hydrogens (tertiary/aromatic N) is 3. The van der Waals surface area contributed by atoms with Gasteiger partial charge in [0.1, 0.15) is 0 Å². The Morgan fingerprint density at radius 3 is 2.48 bits per heavy atom. The molecule has 1 saturated heterocycles. The van der Waals surface area contributed by atoms with Crippen LogP contribution in [0.4, 0.5) is 11.6 Å². The van der Waals surface area contributed by atoms with E-state index in [9.17, 15) is 4.79 Å². The maximum atomic E-state index is 12.4. The molecule has 2 N–H and O–H groups in total. The molecule has 2 heterocycles. The van der Waals surface area contributed by atoms with E-state index in [2.05, 4.69) is 32.3 Å². The van der Waals surface area contributed by atoms with Crippen LogP contribution in [0.1, 0.15) is 0 Å². The van der Waals surface area contributed by atoms with Gasteiger partial charge in [-0.15, -0.1) is 0 Å². The van der Waals surface area contributed by atoms with Gasteiger partial charge in [-0.25, -0.2) is 4.98 Å². The van der Waals surface area contributed by atoms with Crippen molar-refractivity contribution in [3.8, 4) is 0 Å². The Labute approximate surface area is 146 Å². The van der Waals surface area contributed by atoms with Gasteiger partial charge in [0, 0.05) is 31.9 Å². The molecule has 0 aliphatic carbocycles. The van der Waals surface area contributed by atoms with Crippen LogP contribution in [0.15, 0.2) is 54.6 Å². The Kier molecular flexibility index (Phi) is 4.24. The zero-order valence-corrected chi connectivity index (χ0v) is 14.0. The molecule has 6 heteroatoms. The summed E-state index contributed by atoms with van der Waals surface area (Å²) in [5.74, 6) is 0.741. The first-order valence-electron chi connectivity index (χ1n) is 8.56. The van der Waals surface area contributed by atoms with E-state index in [0.717, 1.165) is 37.2 Å². The Morgan fingerprint density at radius 2 is 1.72 bits per heavy atom. The molecule has 0 bridgehead atoms. The summed E-state index contributed by atoms with van der Waals surface area (Å²) >= 11 is 0. The lowest BCUT2D eigenvalue weighted by Gasteiger charge is -2.36. The third-order valence-corrected chi connectivity index (χ3v) is 4.55. The molecule has 1 aliphatic heterocycles. The van der Waals surface area contributed by atoms with E-state index >= 15 is 0 Å². The molecule has 1 aliphatic rings. The molecule has 3 aromatic rings. The molecule has 0 saturated carbocycles. The minimum Gasteiger partial charge on any atom is -0.368 e. The van der Waals surface area contributed by atoms with Crippen molar-refractivity contribution in [2.24, 2.45) is 0 Å². The topological polar surface area (TPSA) is 64.3 Å². The quantitative estimate of drug-likeness (QED) is 0.768. The molecule has 128 valence electrons. The summed E-state index contributed by atoms with van der Waals surface area (Å²) < 4.78 is 0. The second-order valence-electron chi connectivity index (χ2n) is 6.16. The van der Waals surface area contributed by atoms with Gasteiger partial charge in [-0.3, -0.25) is 4.79 Å². The Balaban J connectivity index is 1.30. The Bertz CT molecular complexity index is 819. The second kappa shape index (κ2) is 6.84. The summed E-state index contributed by atoms with van der Waals surface area (Å²) in [5, 5.41) is 3.10. The van der Waals surface area contributed by atoms with E-state index in [4.69, 9.17) is 0 Å². The average Bonchev–Trinajstić information content (AvgIpc) is 3.10. The number of aromatic nitrogens is 2. The number of para-hydroxylation sites is 3. The summed E-state index contributed by atoms with van der Waals surface area (Å²) in [4.78, 5) is 24.3. The van der Waals surface area contributed by atoms with Crippen molar-refractivity contribution in [2.45, 2.75) is 0 Å². The van der Waals surface area contributed by atoms with E-state index in [1.807, 2.05) is 47.4 Å². The number of hydrogen-bond donors (Lipinski definition) is 2. The maximum Gasteiger partial charge on any atom is 0.242 e. The first kappa shape index (κ1) is 15.5. The summed E-state index contributed by atoms with van der Waals surface area (Å²) in [6, 6.07) is 18.2. The van der Waals surface area contributed by atoms with Crippen molar-refractivity contribution < 1.29 is 4.79 Å². The van der Waals surface area contributed by atoms with Crippen LogP contribution in [0.3, 0.4) is 0 Å². The Morgan fingerprint density at radius 1 is 1.00 bits per heavy atom. The number of aromatic amines is 1. The van der Waals surface area contributed by atoms with Crippen LogP contribution in [-0.2, 0) is 4.79 Å². The van der Waals surface area contributed by atoms with Gasteiger partial charge < -0.3 is 20.1 Å². The van der Waals surface area contributed by atoms with Gasteiger partial charge in [0.05, 0.1) is 17.6 Å². The highest BCUT2D eigenvalue weighted by molar-refractivity contribution is 5.82. The SMILES string of the molecule is O=C(CNc1nc2ccccc2[nH]1)N1CCN(c2ccccc2)CC1. The molecule has 0 atom stereocenters. The monoisotopic (exact) mass is 335 g/mol. The number of benzene rings is 2. The molecule has 0 radical (unpaired) electrons. The van der Waals surface area contributed by atoms with Crippen LogP contribution < -0.4 is 10.2 Å². The number of carbonyl (C=O) groups excluding carboxylic acids is 1. The lowest BCUT2D eigenvalue weighted by atomic mass is 10.2. The number of fused-ring (bicyclic) bond motifs is 1. The molecule has 2 aromatic carbocycles. The van der Waals surface area contributed by atoms with Gasteiger partial charge in [-0.05, 0) is 24.3 Å². The highest BCUT2D eigenvalue weighted by atomic mass is 16.2. The van der Waals surface area contributed by atoms with E-state index in [1.165, 1.54) is 5.69 Å². The lowest BCUT2D eigenvalue weighted by Crippen LogP contribution is -2.50. The van der Waals surface area contributed by atoms with Gasteiger partial charge in [0.15, 0.2) is 0 Å². The van der Waals surface area contributed by atoms with Crippen molar-refractivity contribution in [1.29, 1.82) is 0 Å². The molecular formula is C19H21N5O. The van der Waals surface area contributed by atoms with Crippen molar-refractivity contribution in [3.05, 3.63) is 54.6 Å². The van der Waals surface area contributed by atoms with Crippen molar-refractivity contribution in [1.82, 2.24) is 14.9 Å². The standard InChI is InChI=1S/C19H21N5O/c25-18(14-20-19-21-16-8-4-5-9-17(16)22-19)24-12-10-23(11-13-24)15-6-2-1-3-7-15/h1-9H,10-14H2,(H2,20,21,22). The molecular weight excluding hydrogens is 314 g/mol. The van der Waals surface area contributed by atoms with E-state index < -0.39 is 0 Å². The predicted octanol–water partition coefficient (Wildman–Crippen LogP) is 2.32.